The number of ketones is 1. The second-order valence-corrected chi connectivity index (χ2v) is 3.40. The molecule has 0 saturated carbocycles. The van der Waals surface area contributed by atoms with Gasteiger partial charge in [-0.15, -0.1) is 0 Å². The Bertz CT molecular complexity index is 398. The first-order valence-corrected chi connectivity index (χ1v) is 4.43. The number of carbonyl (C=O) groups excluding carboxylic acids is 2. The fraction of sp³-hybridized carbons (Fsp3) is 0.750. The molecule has 0 heterocycles. The van der Waals surface area contributed by atoms with Crippen LogP contribution in [0.25, 0.3) is 0 Å². The van der Waals surface area contributed by atoms with Crippen LogP contribution < -0.4 is 0 Å². The second kappa shape index (κ2) is 5.13. The average Bonchev–Trinajstić information content (AvgIpc) is 2.26. The fourth-order valence-corrected chi connectivity index (χ4v) is 0.865. The average molecular weight is 320 g/mol. The predicted molar refractivity (Wildman–Crippen MR) is 42.5 cm³/mol. The van der Waals surface area contributed by atoms with Crippen LogP contribution in [0.1, 0.15) is 6.42 Å². The minimum atomic E-state index is -7.17. The standard InChI is InChI=1S/C8H5F9O3/c1-20-4(19)2-3(18)5(9,10)6(11,12)7(13,14)8(15,16)17/h2H2,1H3. The molecule has 0 aromatic rings. The van der Waals surface area contributed by atoms with Gasteiger partial charge in [0, 0.05) is 0 Å². The zero-order chi connectivity index (χ0) is 16.6. The van der Waals surface area contributed by atoms with Crippen LogP contribution in [0, 0.1) is 0 Å². The van der Waals surface area contributed by atoms with Crippen molar-refractivity contribution < 1.29 is 53.8 Å². The van der Waals surface area contributed by atoms with Gasteiger partial charge in [0.25, 0.3) is 0 Å². The molecule has 0 fully saturated rings. The third-order valence-corrected chi connectivity index (χ3v) is 2.03. The lowest BCUT2D eigenvalue weighted by molar-refractivity contribution is -0.388. The number of Topliss-reactive ketones (excluding diaryl/α,β-unsaturated/α-hetero) is 1. The van der Waals surface area contributed by atoms with Crippen LogP contribution in [0.15, 0.2) is 0 Å². The summed E-state index contributed by atoms with van der Waals surface area (Å²) in [5, 5.41) is 0. The Balaban J connectivity index is 5.58. The maximum absolute atomic E-state index is 12.8. The van der Waals surface area contributed by atoms with Gasteiger partial charge in [-0.25, -0.2) is 0 Å². The van der Waals surface area contributed by atoms with E-state index in [4.69, 9.17) is 0 Å². The molecular weight excluding hydrogens is 315 g/mol. The van der Waals surface area contributed by atoms with Gasteiger partial charge in [-0.05, 0) is 0 Å². The number of rotatable bonds is 5. The summed E-state index contributed by atoms with van der Waals surface area (Å²) in [6.45, 7) is 0. The van der Waals surface area contributed by atoms with Crippen LogP contribution in [0.4, 0.5) is 39.5 Å². The molecule has 0 N–H and O–H groups in total. The zero-order valence-electron chi connectivity index (χ0n) is 9.33. The molecule has 3 nitrogen and oxygen atoms in total. The molecule has 0 aliphatic carbocycles. The van der Waals surface area contributed by atoms with Gasteiger partial charge in [-0.2, -0.15) is 39.5 Å². The molecule has 0 unspecified atom stereocenters. The van der Waals surface area contributed by atoms with E-state index >= 15 is 0 Å². The molecule has 118 valence electrons. The Kier molecular flexibility index (Phi) is 4.75. The lowest BCUT2D eigenvalue weighted by atomic mass is 9.98. The Morgan fingerprint density at radius 2 is 1.25 bits per heavy atom. The quantitative estimate of drug-likeness (QED) is 0.444. The van der Waals surface area contributed by atoms with Crippen LogP contribution in [0.3, 0.4) is 0 Å². The predicted octanol–water partition coefficient (Wildman–Crippen LogP) is 2.59. The SMILES string of the molecule is COC(=O)CC(=O)C(F)(F)C(F)(F)C(F)(F)C(F)(F)F. The molecule has 0 spiro atoms. The molecule has 0 radical (unpaired) electrons. The van der Waals surface area contributed by atoms with Crippen LogP contribution >= 0.6 is 0 Å². The molecule has 12 heteroatoms. The minimum Gasteiger partial charge on any atom is -0.469 e. The van der Waals surface area contributed by atoms with Gasteiger partial charge in [-0.3, -0.25) is 9.59 Å². The maximum atomic E-state index is 12.8. The van der Waals surface area contributed by atoms with E-state index in [0.717, 1.165) is 0 Å². The van der Waals surface area contributed by atoms with E-state index < -0.39 is 42.1 Å². The topological polar surface area (TPSA) is 43.4 Å². The van der Waals surface area contributed by atoms with E-state index in [1.165, 1.54) is 0 Å². The van der Waals surface area contributed by atoms with E-state index in [1.807, 2.05) is 0 Å². The summed E-state index contributed by atoms with van der Waals surface area (Å²) >= 11 is 0. The minimum absolute atomic E-state index is 0.552. The van der Waals surface area contributed by atoms with Crippen LogP contribution in [-0.4, -0.2) is 42.8 Å². The number of methoxy groups -OCH3 is 1. The van der Waals surface area contributed by atoms with E-state index in [2.05, 4.69) is 4.74 Å². The Hall–Kier alpha value is -1.49. The van der Waals surface area contributed by atoms with Gasteiger partial charge in [0.2, 0.25) is 5.78 Å². The summed E-state index contributed by atoms with van der Waals surface area (Å²) in [6, 6.07) is 0. The summed E-state index contributed by atoms with van der Waals surface area (Å²) in [6.07, 6.45) is -9.11. The number of hydrogen-bond acceptors (Lipinski definition) is 3. The highest BCUT2D eigenvalue weighted by atomic mass is 19.4. The lowest BCUT2D eigenvalue weighted by Crippen LogP contribution is -2.63. The van der Waals surface area contributed by atoms with Gasteiger partial charge in [0.05, 0.1) is 7.11 Å². The van der Waals surface area contributed by atoms with Crippen LogP contribution in [-0.2, 0) is 14.3 Å². The molecule has 0 saturated heterocycles. The van der Waals surface area contributed by atoms with E-state index in [-0.39, 0.29) is 0 Å². The Morgan fingerprint density at radius 3 is 1.55 bits per heavy atom. The lowest BCUT2D eigenvalue weighted by Gasteiger charge is -2.32. The molecule has 0 atom stereocenters. The maximum Gasteiger partial charge on any atom is 0.460 e. The second-order valence-electron chi connectivity index (χ2n) is 3.40. The normalized spacial score (nSPS) is 14.1. The van der Waals surface area contributed by atoms with Crippen molar-refractivity contribution in [2.24, 2.45) is 0 Å². The molecule has 0 aliphatic rings. The first kappa shape index (κ1) is 18.5. The van der Waals surface area contributed by atoms with Crippen LogP contribution in [0.2, 0.25) is 0 Å². The number of hydrogen-bond donors (Lipinski definition) is 0. The summed E-state index contributed by atoms with van der Waals surface area (Å²) in [5.74, 6) is -25.6. The number of halogens is 9. The highest BCUT2D eigenvalue weighted by molar-refractivity contribution is 6.00. The first-order valence-electron chi connectivity index (χ1n) is 4.43. The summed E-state index contributed by atoms with van der Waals surface area (Å²) in [5.41, 5.74) is 0. The largest absolute Gasteiger partial charge is 0.469 e. The van der Waals surface area contributed by atoms with Gasteiger partial charge in [-0.1, -0.05) is 0 Å². The Morgan fingerprint density at radius 1 is 0.850 bits per heavy atom. The van der Waals surface area contributed by atoms with Gasteiger partial charge >= 0.3 is 29.9 Å². The molecule has 0 bridgehead atoms. The molecule has 0 aromatic heterocycles. The number of esters is 1. The van der Waals surface area contributed by atoms with Crippen molar-refractivity contribution in [1.29, 1.82) is 0 Å². The Labute approximate surface area is 104 Å². The summed E-state index contributed by atoms with van der Waals surface area (Å²) < 4.78 is 114. The van der Waals surface area contributed by atoms with Crippen molar-refractivity contribution >= 4 is 11.8 Å². The van der Waals surface area contributed by atoms with Crippen molar-refractivity contribution in [1.82, 2.24) is 0 Å². The number of ether oxygens (including phenoxy) is 1. The smallest absolute Gasteiger partial charge is 0.460 e. The monoisotopic (exact) mass is 320 g/mol. The molecule has 20 heavy (non-hydrogen) atoms. The van der Waals surface area contributed by atoms with Crippen molar-refractivity contribution in [3.05, 3.63) is 0 Å². The fourth-order valence-electron chi connectivity index (χ4n) is 0.865. The molecule has 0 rings (SSSR count). The number of carbonyl (C=O) groups is 2. The van der Waals surface area contributed by atoms with Gasteiger partial charge in [0.1, 0.15) is 6.42 Å². The third-order valence-electron chi connectivity index (χ3n) is 2.03. The molecule has 0 aromatic carbocycles. The third kappa shape index (κ3) is 2.82. The molecular formula is C8H5F9O3. The molecule has 0 aliphatic heterocycles. The van der Waals surface area contributed by atoms with Crippen molar-refractivity contribution in [3.63, 3.8) is 0 Å². The summed E-state index contributed by atoms with van der Waals surface area (Å²) in [7, 11) is 0.552. The van der Waals surface area contributed by atoms with Gasteiger partial charge < -0.3 is 4.74 Å². The zero-order valence-corrected chi connectivity index (χ0v) is 9.33. The highest BCUT2D eigenvalue weighted by Gasteiger charge is 2.83. The highest BCUT2D eigenvalue weighted by Crippen LogP contribution is 2.53. The first-order chi connectivity index (χ1) is 8.63. The van der Waals surface area contributed by atoms with Crippen molar-refractivity contribution in [2.45, 2.75) is 30.4 Å². The van der Waals surface area contributed by atoms with Crippen molar-refractivity contribution in [3.8, 4) is 0 Å². The summed E-state index contributed by atoms with van der Waals surface area (Å²) in [4.78, 5) is 21.0. The van der Waals surface area contributed by atoms with Crippen LogP contribution in [0.5, 0.6) is 0 Å². The molecule has 0 amide bonds. The number of alkyl halides is 9. The van der Waals surface area contributed by atoms with E-state index in [0.29, 0.717) is 7.11 Å². The van der Waals surface area contributed by atoms with Gasteiger partial charge in [0.15, 0.2) is 0 Å². The van der Waals surface area contributed by atoms with E-state index in [9.17, 15) is 49.1 Å². The van der Waals surface area contributed by atoms with E-state index in [1.54, 1.807) is 0 Å². The van der Waals surface area contributed by atoms with Crippen molar-refractivity contribution in [2.75, 3.05) is 7.11 Å².